The Morgan fingerprint density at radius 1 is 0.507 bits per heavy atom. The third-order valence-electron chi connectivity index (χ3n) is 23.1. The zero-order valence-electron chi connectivity index (χ0n) is 76.4. The molecule has 6 aromatic rings. The first kappa shape index (κ1) is 106. The van der Waals surface area contributed by atoms with Gasteiger partial charge in [-0.2, -0.15) is 46.9 Å². The van der Waals surface area contributed by atoms with Gasteiger partial charge in [0.2, 0.25) is 0 Å². The molecule has 4 amide bonds. The number of amides is 4. The smallest absolute Gasteiger partial charge is 0.486 e. The third kappa shape index (κ3) is 27.9. The number of ketones is 1. The lowest BCUT2D eigenvalue weighted by atomic mass is 9.80. The Hall–Kier alpha value is -10.1. The van der Waals surface area contributed by atoms with E-state index in [4.69, 9.17) is 37.9 Å². The number of hydrogen-bond acceptors (Lipinski definition) is 24. The normalized spacial score (nSPS) is 17.7. The van der Waals surface area contributed by atoms with Crippen LogP contribution in [0.1, 0.15) is 200 Å². The summed E-state index contributed by atoms with van der Waals surface area (Å²) in [6, 6.07) is 35.3. The molecule has 3 spiro atoms. The molecule has 9 aliphatic rings. The molecule has 734 valence electrons. The van der Waals surface area contributed by atoms with Crippen molar-refractivity contribution in [2.45, 2.75) is 198 Å². The van der Waals surface area contributed by atoms with Crippen molar-refractivity contribution in [3.8, 4) is 17.2 Å². The number of carbonyl (C=O) groups is 5. The monoisotopic (exact) mass is 1950 g/mol. The molecule has 42 heteroatoms. The van der Waals surface area contributed by atoms with Gasteiger partial charge in [0.15, 0.2) is 23.8 Å². The van der Waals surface area contributed by atoms with E-state index >= 15 is 0 Å². The molecule has 134 heavy (non-hydrogen) atoms. The summed E-state index contributed by atoms with van der Waals surface area (Å²) in [4.78, 5) is 76.2. The van der Waals surface area contributed by atoms with Crippen LogP contribution in [0.15, 0.2) is 146 Å². The molecular weight excluding hydrogens is 1830 g/mol. The Labute approximate surface area is 779 Å². The van der Waals surface area contributed by atoms with Gasteiger partial charge in [-0.25, -0.2) is 14.0 Å². The zero-order chi connectivity index (χ0) is 98.0. The number of rotatable bonds is 17. The zero-order valence-corrected chi connectivity index (χ0v) is 78.9. The maximum Gasteiger partial charge on any atom is 0.550 e. The Bertz CT molecular complexity index is 5270. The number of alkyl halides is 9. The van der Waals surface area contributed by atoms with Crippen LogP contribution in [0.25, 0.3) is 11.3 Å². The highest BCUT2D eigenvalue weighted by Crippen LogP contribution is 2.50. The number of anilines is 3. The molecule has 28 nitrogen and oxygen atoms in total. The number of hydrogen-bond donors (Lipinski definition) is 4. The number of Topliss-reactive ketones (excluding diaryl/α,β-unsaturated/α-hetero) is 1. The average Bonchev–Trinajstić information content (AvgIpc) is 0.821. The highest BCUT2D eigenvalue weighted by Gasteiger charge is 2.54. The molecule has 0 aliphatic carbocycles. The predicted octanol–water partition coefficient (Wildman–Crippen LogP) is 16.5. The predicted molar refractivity (Wildman–Crippen MR) is 488 cm³/mol. The number of halogens is 10. The second-order valence-electron chi connectivity index (χ2n) is 34.9. The highest BCUT2D eigenvalue weighted by molar-refractivity contribution is 8.12. The van der Waals surface area contributed by atoms with Gasteiger partial charge in [-0.3, -0.25) is 14.4 Å². The average molecular weight is 1950 g/mol. The van der Waals surface area contributed by atoms with E-state index in [9.17, 15) is 84.7 Å². The van der Waals surface area contributed by atoms with Crippen molar-refractivity contribution in [2.24, 2.45) is 0 Å². The molecule has 15 rings (SSSR count). The van der Waals surface area contributed by atoms with E-state index in [-0.39, 0.29) is 66.8 Å². The molecule has 6 aromatic carbocycles. The van der Waals surface area contributed by atoms with Crippen LogP contribution in [0.3, 0.4) is 0 Å². The molecule has 6 fully saturated rings. The van der Waals surface area contributed by atoms with E-state index in [1.165, 1.54) is 74.0 Å². The molecule has 0 radical (unpaired) electrons. The van der Waals surface area contributed by atoms with Gasteiger partial charge in [-0.05, 0) is 229 Å². The molecular formula is C92H116BF10N9O19S3. The van der Waals surface area contributed by atoms with Crippen molar-refractivity contribution in [3.63, 3.8) is 0 Å². The van der Waals surface area contributed by atoms with E-state index in [0.717, 1.165) is 86.4 Å². The number of benzene rings is 6. The minimum atomic E-state index is -5.99. The number of carbonyl (C=O) groups excluding carboxylic acids is 5. The molecule has 0 bridgehead atoms. The Kier molecular flexibility index (Phi) is 35.8. The van der Waals surface area contributed by atoms with Gasteiger partial charge in [0.1, 0.15) is 51.1 Å². The van der Waals surface area contributed by atoms with E-state index < -0.39 is 106 Å². The molecule has 0 saturated carbocycles. The van der Waals surface area contributed by atoms with Crippen LogP contribution in [0.5, 0.6) is 17.2 Å². The van der Waals surface area contributed by atoms with Crippen LogP contribution in [-0.4, -0.2) is 233 Å². The van der Waals surface area contributed by atoms with Crippen molar-refractivity contribution in [3.05, 3.63) is 185 Å². The Morgan fingerprint density at radius 3 is 1.39 bits per heavy atom. The fourth-order valence-electron chi connectivity index (χ4n) is 16.3. The minimum absolute atomic E-state index is 0.0175. The van der Waals surface area contributed by atoms with Gasteiger partial charge in [0, 0.05) is 134 Å². The first-order valence-electron chi connectivity index (χ1n) is 44.5. The van der Waals surface area contributed by atoms with Crippen LogP contribution in [0.2, 0.25) is 0 Å². The molecule has 0 atom stereocenters. The van der Waals surface area contributed by atoms with Crippen molar-refractivity contribution < 1.29 is 132 Å². The van der Waals surface area contributed by atoms with Crippen LogP contribution in [-0.2, 0) is 43.0 Å². The summed E-state index contributed by atoms with van der Waals surface area (Å²) in [5.74, 6) is 0.981. The van der Waals surface area contributed by atoms with Crippen LogP contribution in [0, 0.1) is 5.82 Å². The summed E-state index contributed by atoms with van der Waals surface area (Å²) in [6.45, 7) is 30.5. The Morgan fingerprint density at radius 2 is 0.948 bits per heavy atom. The molecule has 9 aliphatic heterocycles. The molecule has 9 heterocycles. The summed E-state index contributed by atoms with van der Waals surface area (Å²) < 4.78 is 211. The van der Waals surface area contributed by atoms with E-state index in [0.29, 0.717) is 111 Å². The summed E-state index contributed by atoms with van der Waals surface area (Å²) in [7, 11) is -13.4. The maximum absolute atomic E-state index is 14.8. The van der Waals surface area contributed by atoms with E-state index in [1.54, 1.807) is 84.0 Å². The van der Waals surface area contributed by atoms with Gasteiger partial charge >= 0.3 is 56.8 Å². The number of para-hydroxylation sites is 1. The SMILES string of the molecule is C1CCNC1.CC(C)(C)OC(=O)N1CCC2(C=C(OS(=O)(=O)C(F)(F)F)c3c(cccc3N3CCCC3)O2)CC1.CC(C)(C)OC(=O)N1CCC2(CC1)CC(=O)c1c(cccc1N1CCCC1)O2.CCN(CC)C(=O)c1ccc(B(O)O)cc1.CCN(CC)C(=O)c1ccc(C2=CC3(CCNCC3)Oc3cccc(F)c32)cc1.O=S(=O)(N(SOOC(F)(F)F)c1ccccc1)C(F)(F)F. The second-order valence-corrected chi connectivity index (χ2v) is 39.1. The fraction of sp³-hybridized carbons (Fsp3) is 0.511. The van der Waals surface area contributed by atoms with Gasteiger partial charge < -0.3 is 77.9 Å². The number of piperidine rings is 3. The van der Waals surface area contributed by atoms with Crippen LogP contribution < -0.4 is 43.8 Å². The number of ether oxygens (including phenoxy) is 5. The first-order valence-corrected chi connectivity index (χ1v) is 48.0. The lowest BCUT2D eigenvalue weighted by Crippen LogP contribution is -2.53. The molecule has 6 saturated heterocycles. The summed E-state index contributed by atoms with van der Waals surface area (Å²) in [5.41, 5.74) is -8.81. The molecule has 4 N–H and O–H groups in total. The Balaban J connectivity index is 0.000000174. The number of nitrogens with zero attached hydrogens (tertiary/aromatic N) is 7. The lowest BCUT2D eigenvalue weighted by Gasteiger charge is -2.44. The van der Waals surface area contributed by atoms with Crippen LogP contribution >= 0.6 is 12.2 Å². The van der Waals surface area contributed by atoms with E-state index in [2.05, 4.69) is 30.8 Å². The van der Waals surface area contributed by atoms with Gasteiger partial charge in [-0.15, -0.1) is 22.4 Å². The second kappa shape index (κ2) is 45.3. The topological polar surface area (TPSA) is 315 Å². The maximum atomic E-state index is 14.8. The number of sulfonamides is 1. The van der Waals surface area contributed by atoms with Crippen molar-refractivity contribution in [1.29, 1.82) is 0 Å². The van der Waals surface area contributed by atoms with Crippen molar-refractivity contribution in [1.82, 2.24) is 30.2 Å². The third-order valence-corrected chi connectivity index (χ3v) is 26.5. The number of likely N-dealkylation sites (tertiary alicyclic amines) is 2. The standard InChI is InChI=1S/C24H27FN2O2.C23H29F3N2O6S.C22H30N2O4.C11H16BNO3.C8H5F6NO4S2.C4H9N/c1-3-27(4-2)23(28)18-10-8-17(9-11-18)19-16-24(12-14-26-15-13-24)29-21-7-5-6-20(25)22(19)21;1-21(2,3)33-20(29)28-13-9-22(10-14-28)15-18(34-35(30,31)23(24,25)26)19-16(27-11-4-5-12-27)7-6-8-17(19)32-22;1-21(2,3)28-20(26)24-13-9-22(10-14-24)15-17(25)19-16(23-11-4-5-12-23)7-6-8-18(19)27-22;1-3-13(4-2)11(14)9-5-7-10(8-6-9)12(15)16;9-7(10,11)18-19-20-15(6-4-2-1-3-5-6)21(16,17)8(12,13)14;1-2-4-5-3-1/h5-11,16,26H,3-4,12-15H2,1-2H3;6-8,15H,4-5,9-14H2,1-3H3;6-8H,4-5,9-15H2,1-3H3;5-8,15-16H,3-4H2,1-2H3;1-5H;5H,1-4H2. The lowest BCUT2D eigenvalue weighted by molar-refractivity contribution is -0.440. The van der Waals surface area contributed by atoms with Crippen molar-refractivity contribution >= 4 is 103 Å². The number of nitrogens with one attached hydrogen (secondary N) is 2. The van der Waals surface area contributed by atoms with Gasteiger partial charge in [0.05, 0.1) is 40.2 Å². The summed E-state index contributed by atoms with van der Waals surface area (Å²) >= 11 is -0.782. The first-order chi connectivity index (χ1) is 63.1. The largest absolute Gasteiger partial charge is 0.550 e. The summed E-state index contributed by atoms with van der Waals surface area (Å²) in [5, 5.41) is 24.4. The van der Waals surface area contributed by atoms with Crippen molar-refractivity contribution in [2.75, 3.05) is 118 Å². The summed E-state index contributed by atoms with van der Waals surface area (Å²) in [6.07, 6.45) is 8.04. The quantitative estimate of drug-likeness (QED) is 0.00963. The fourth-order valence-corrected chi connectivity index (χ4v) is 18.3. The van der Waals surface area contributed by atoms with E-state index in [1.807, 2.05) is 102 Å². The number of fused-ring (bicyclic) bond motifs is 3. The molecule has 0 aromatic heterocycles. The van der Waals surface area contributed by atoms with Gasteiger partial charge in [-0.1, -0.05) is 60.7 Å². The highest BCUT2D eigenvalue weighted by atomic mass is 32.3. The van der Waals surface area contributed by atoms with Gasteiger partial charge in [0.25, 0.3) is 11.8 Å². The van der Waals surface area contributed by atoms with Crippen LogP contribution in [0.4, 0.5) is 70.6 Å². The minimum Gasteiger partial charge on any atom is -0.486 e. The molecule has 0 unspecified atom stereocenters.